The van der Waals surface area contributed by atoms with E-state index < -0.39 is 0 Å². The summed E-state index contributed by atoms with van der Waals surface area (Å²) < 4.78 is 1.70. The van der Waals surface area contributed by atoms with Gasteiger partial charge >= 0.3 is 0 Å². The Morgan fingerprint density at radius 3 is 2.39 bits per heavy atom. The molecule has 1 atom stereocenters. The first-order valence-electron chi connectivity index (χ1n) is 6.53. The molecular formula is C13H23Cl2N3. The van der Waals surface area contributed by atoms with E-state index in [1.54, 1.807) is 4.68 Å². The molecule has 0 spiro atoms. The van der Waals surface area contributed by atoms with Crippen molar-refractivity contribution in [3.8, 4) is 0 Å². The Balaban J connectivity index is 2.46. The predicted molar refractivity (Wildman–Crippen MR) is 78.4 cm³/mol. The van der Waals surface area contributed by atoms with Crippen molar-refractivity contribution in [1.29, 1.82) is 0 Å². The largest absolute Gasteiger partial charge is 0.311 e. The molecule has 1 N–H and O–H groups in total. The van der Waals surface area contributed by atoms with E-state index in [4.69, 9.17) is 23.2 Å². The molecule has 1 heterocycles. The Morgan fingerprint density at radius 2 is 1.94 bits per heavy atom. The van der Waals surface area contributed by atoms with E-state index in [0.717, 1.165) is 37.2 Å². The summed E-state index contributed by atoms with van der Waals surface area (Å²) in [5.41, 5.74) is 2.04. The Bertz CT molecular complexity index is 373. The normalized spacial score (nSPS) is 13.3. The molecule has 0 radical (unpaired) electrons. The fourth-order valence-corrected chi connectivity index (χ4v) is 2.88. The predicted octanol–water partition coefficient (Wildman–Crippen LogP) is 3.52. The van der Waals surface area contributed by atoms with Crippen LogP contribution in [0, 0.1) is 12.8 Å². The molecule has 3 nitrogen and oxygen atoms in total. The maximum Gasteiger partial charge on any atom is 0.131 e. The topological polar surface area (TPSA) is 29.9 Å². The van der Waals surface area contributed by atoms with Crippen LogP contribution in [0.25, 0.3) is 0 Å². The summed E-state index contributed by atoms with van der Waals surface area (Å²) in [5, 5.41) is 8.54. The van der Waals surface area contributed by atoms with Crippen molar-refractivity contribution >= 4 is 23.2 Å². The van der Waals surface area contributed by atoms with E-state index in [1.165, 1.54) is 0 Å². The minimum Gasteiger partial charge on any atom is -0.311 e. The molecule has 18 heavy (non-hydrogen) atoms. The molecule has 1 aromatic rings. The SMILES string of the molecule is CCC(CC)C(Cl)CNCc1c(C)nn(C)c1Cl. The van der Waals surface area contributed by atoms with Crippen molar-refractivity contribution in [2.24, 2.45) is 13.0 Å². The second kappa shape index (κ2) is 7.37. The highest BCUT2D eigenvalue weighted by molar-refractivity contribution is 6.30. The van der Waals surface area contributed by atoms with Crippen LogP contribution >= 0.6 is 23.2 Å². The third-order valence-corrected chi connectivity index (χ3v) is 4.45. The lowest BCUT2D eigenvalue weighted by atomic mass is 9.99. The first kappa shape index (κ1) is 15.8. The lowest BCUT2D eigenvalue weighted by Crippen LogP contribution is -2.28. The highest BCUT2D eigenvalue weighted by Crippen LogP contribution is 2.20. The average Bonchev–Trinajstić information content (AvgIpc) is 2.57. The van der Waals surface area contributed by atoms with E-state index in [-0.39, 0.29) is 5.38 Å². The molecule has 0 saturated heterocycles. The lowest BCUT2D eigenvalue weighted by molar-refractivity contribution is 0.446. The second-order valence-corrected chi connectivity index (χ2v) is 5.62. The molecule has 0 bridgehead atoms. The molecule has 0 amide bonds. The first-order chi connectivity index (χ1) is 8.51. The van der Waals surface area contributed by atoms with Crippen LogP contribution in [0.5, 0.6) is 0 Å². The zero-order chi connectivity index (χ0) is 13.7. The minimum absolute atomic E-state index is 0.177. The monoisotopic (exact) mass is 291 g/mol. The van der Waals surface area contributed by atoms with Crippen molar-refractivity contribution in [2.75, 3.05) is 6.54 Å². The van der Waals surface area contributed by atoms with Gasteiger partial charge in [0.25, 0.3) is 0 Å². The number of alkyl halides is 1. The molecule has 1 unspecified atom stereocenters. The highest BCUT2D eigenvalue weighted by Gasteiger charge is 2.16. The smallest absolute Gasteiger partial charge is 0.131 e. The van der Waals surface area contributed by atoms with Gasteiger partial charge in [0, 0.05) is 31.1 Å². The Kier molecular flexibility index (Phi) is 6.47. The van der Waals surface area contributed by atoms with Crippen LogP contribution in [0.3, 0.4) is 0 Å². The summed E-state index contributed by atoms with van der Waals surface area (Å²) in [5.74, 6) is 0.574. The van der Waals surface area contributed by atoms with Crippen LogP contribution in [0.1, 0.15) is 37.9 Å². The van der Waals surface area contributed by atoms with Crippen molar-refractivity contribution in [2.45, 2.75) is 45.5 Å². The Labute approximate surface area is 120 Å². The molecule has 0 saturated carbocycles. The number of nitrogens with one attached hydrogen (secondary N) is 1. The number of hydrogen-bond donors (Lipinski definition) is 1. The maximum absolute atomic E-state index is 6.38. The summed E-state index contributed by atoms with van der Waals surface area (Å²) >= 11 is 12.6. The third-order valence-electron chi connectivity index (χ3n) is 3.47. The molecule has 1 rings (SSSR count). The summed E-state index contributed by atoms with van der Waals surface area (Å²) in [6, 6.07) is 0. The van der Waals surface area contributed by atoms with Gasteiger partial charge in [-0.25, -0.2) is 0 Å². The fraction of sp³-hybridized carbons (Fsp3) is 0.769. The van der Waals surface area contributed by atoms with Crippen LogP contribution in [0.4, 0.5) is 0 Å². The van der Waals surface area contributed by atoms with E-state index in [2.05, 4.69) is 24.3 Å². The molecule has 0 fully saturated rings. The van der Waals surface area contributed by atoms with Gasteiger partial charge < -0.3 is 5.32 Å². The standard InChI is InChI=1S/C13H23Cl2N3/c1-5-10(6-2)12(14)8-16-7-11-9(3)17-18(4)13(11)15/h10,12,16H,5-8H2,1-4H3. The molecule has 0 aliphatic carbocycles. The van der Waals surface area contributed by atoms with Crippen molar-refractivity contribution in [3.05, 3.63) is 16.4 Å². The summed E-state index contributed by atoms with van der Waals surface area (Å²) in [6.45, 7) is 7.87. The van der Waals surface area contributed by atoms with Gasteiger partial charge in [-0.3, -0.25) is 4.68 Å². The summed E-state index contributed by atoms with van der Waals surface area (Å²) in [4.78, 5) is 0. The number of hydrogen-bond acceptors (Lipinski definition) is 2. The third kappa shape index (κ3) is 3.87. The number of nitrogens with zero attached hydrogens (tertiary/aromatic N) is 2. The van der Waals surface area contributed by atoms with Crippen molar-refractivity contribution in [1.82, 2.24) is 15.1 Å². The Hall–Kier alpha value is -0.250. The number of halogens is 2. The number of rotatable bonds is 7. The summed E-state index contributed by atoms with van der Waals surface area (Å²) in [7, 11) is 1.85. The van der Waals surface area contributed by atoms with Crippen LogP contribution in [0.2, 0.25) is 5.15 Å². The molecule has 0 aromatic carbocycles. The molecular weight excluding hydrogens is 269 g/mol. The van der Waals surface area contributed by atoms with Gasteiger partial charge in [0.15, 0.2) is 0 Å². The fourth-order valence-electron chi connectivity index (χ4n) is 2.18. The van der Waals surface area contributed by atoms with Crippen LogP contribution in [-0.2, 0) is 13.6 Å². The average molecular weight is 292 g/mol. The van der Waals surface area contributed by atoms with Gasteiger partial charge in [-0.15, -0.1) is 11.6 Å². The van der Waals surface area contributed by atoms with Gasteiger partial charge in [-0.2, -0.15) is 5.10 Å². The number of aryl methyl sites for hydroxylation is 2. The molecule has 5 heteroatoms. The van der Waals surface area contributed by atoms with Crippen LogP contribution in [-0.4, -0.2) is 21.7 Å². The van der Waals surface area contributed by atoms with Crippen molar-refractivity contribution < 1.29 is 0 Å². The zero-order valence-electron chi connectivity index (χ0n) is 11.6. The van der Waals surface area contributed by atoms with Crippen LogP contribution in [0.15, 0.2) is 0 Å². The van der Waals surface area contributed by atoms with Gasteiger partial charge in [0.1, 0.15) is 5.15 Å². The van der Waals surface area contributed by atoms with Gasteiger partial charge in [-0.1, -0.05) is 38.3 Å². The van der Waals surface area contributed by atoms with Crippen LogP contribution < -0.4 is 5.32 Å². The van der Waals surface area contributed by atoms with E-state index >= 15 is 0 Å². The van der Waals surface area contributed by atoms with E-state index in [9.17, 15) is 0 Å². The quantitative estimate of drug-likeness (QED) is 0.779. The van der Waals surface area contributed by atoms with E-state index in [0.29, 0.717) is 11.1 Å². The minimum atomic E-state index is 0.177. The first-order valence-corrected chi connectivity index (χ1v) is 7.35. The second-order valence-electron chi connectivity index (χ2n) is 4.70. The number of aromatic nitrogens is 2. The maximum atomic E-state index is 6.38. The molecule has 0 aliphatic heterocycles. The highest BCUT2D eigenvalue weighted by atomic mass is 35.5. The van der Waals surface area contributed by atoms with Crippen molar-refractivity contribution in [3.63, 3.8) is 0 Å². The molecule has 1 aromatic heterocycles. The van der Waals surface area contributed by atoms with Gasteiger partial charge in [0.05, 0.1) is 5.69 Å². The lowest BCUT2D eigenvalue weighted by Gasteiger charge is -2.19. The summed E-state index contributed by atoms with van der Waals surface area (Å²) in [6.07, 6.45) is 2.25. The zero-order valence-corrected chi connectivity index (χ0v) is 13.1. The van der Waals surface area contributed by atoms with E-state index in [1.807, 2.05) is 14.0 Å². The molecule has 0 aliphatic rings. The molecule has 104 valence electrons. The van der Waals surface area contributed by atoms with Gasteiger partial charge in [-0.05, 0) is 12.8 Å². The van der Waals surface area contributed by atoms with Gasteiger partial charge in [0.2, 0.25) is 0 Å². The Morgan fingerprint density at radius 1 is 1.33 bits per heavy atom.